The summed E-state index contributed by atoms with van der Waals surface area (Å²) >= 11 is 2.16. The lowest BCUT2D eigenvalue weighted by molar-refractivity contribution is 0.404. The fraction of sp³-hybridized carbons (Fsp3) is 0.556. The maximum Gasteiger partial charge on any atom is 0.124 e. The van der Waals surface area contributed by atoms with E-state index in [0.717, 1.165) is 15.8 Å². The molecule has 0 spiro atoms. The minimum absolute atomic E-state index is 0.293. The molecular formula is C9H13IN2. The van der Waals surface area contributed by atoms with Gasteiger partial charge in [-0.05, 0) is 46.6 Å². The molecular weight excluding hydrogens is 263 g/mol. The Bertz CT molecular complexity index is 248. The maximum atomic E-state index is 4.11. The van der Waals surface area contributed by atoms with Crippen molar-refractivity contribution < 1.29 is 0 Å². The van der Waals surface area contributed by atoms with Gasteiger partial charge in [-0.1, -0.05) is 20.8 Å². The minimum Gasteiger partial charge on any atom is -0.155 e. The quantitative estimate of drug-likeness (QED) is 0.737. The van der Waals surface area contributed by atoms with Gasteiger partial charge in [-0.15, -0.1) is 5.10 Å². The van der Waals surface area contributed by atoms with E-state index in [2.05, 4.69) is 53.6 Å². The van der Waals surface area contributed by atoms with Crippen molar-refractivity contribution in [1.82, 2.24) is 10.2 Å². The van der Waals surface area contributed by atoms with Crippen molar-refractivity contribution in [3.8, 4) is 0 Å². The van der Waals surface area contributed by atoms with Crippen molar-refractivity contribution in [2.45, 2.75) is 27.2 Å². The lowest BCUT2D eigenvalue weighted by atomic mass is 9.90. The second kappa shape index (κ2) is 3.68. The monoisotopic (exact) mass is 276 g/mol. The standard InChI is InChI=1S/C9H13IN2/c1-9(2,3)6-7-4-5-8(10)12-11-7/h4-5H,6H2,1-3H3. The van der Waals surface area contributed by atoms with E-state index in [-0.39, 0.29) is 0 Å². The molecule has 0 N–H and O–H groups in total. The summed E-state index contributed by atoms with van der Waals surface area (Å²) in [4.78, 5) is 0. The molecule has 1 aromatic rings. The van der Waals surface area contributed by atoms with E-state index < -0.39 is 0 Å². The Kier molecular flexibility index (Phi) is 3.04. The first-order valence-corrected chi connectivity index (χ1v) is 5.03. The molecule has 0 unspecified atom stereocenters. The van der Waals surface area contributed by atoms with E-state index in [0.29, 0.717) is 5.41 Å². The van der Waals surface area contributed by atoms with Gasteiger partial charge in [-0.3, -0.25) is 0 Å². The molecule has 0 saturated heterocycles. The zero-order chi connectivity index (χ0) is 9.19. The lowest BCUT2D eigenvalue weighted by Gasteiger charge is -2.16. The molecule has 0 aliphatic heterocycles. The predicted molar refractivity (Wildman–Crippen MR) is 57.9 cm³/mol. The summed E-state index contributed by atoms with van der Waals surface area (Å²) in [6.45, 7) is 6.60. The molecule has 0 bridgehead atoms. The van der Waals surface area contributed by atoms with Gasteiger partial charge in [0.25, 0.3) is 0 Å². The van der Waals surface area contributed by atoms with Gasteiger partial charge >= 0.3 is 0 Å². The smallest absolute Gasteiger partial charge is 0.124 e. The van der Waals surface area contributed by atoms with E-state index in [1.165, 1.54) is 0 Å². The summed E-state index contributed by atoms with van der Waals surface area (Å²) in [7, 11) is 0. The Hall–Kier alpha value is -0.190. The van der Waals surface area contributed by atoms with Crippen molar-refractivity contribution in [1.29, 1.82) is 0 Å². The zero-order valence-corrected chi connectivity index (χ0v) is 9.79. The first kappa shape index (κ1) is 9.89. The van der Waals surface area contributed by atoms with Crippen LogP contribution in [0.4, 0.5) is 0 Å². The van der Waals surface area contributed by atoms with Gasteiger partial charge in [0.15, 0.2) is 0 Å². The van der Waals surface area contributed by atoms with Crippen molar-refractivity contribution in [2.75, 3.05) is 0 Å². The first-order chi connectivity index (χ1) is 5.47. The zero-order valence-electron chi connectivity index (χ0n) is 7.63. The third kappa shape index (κ3) is 3.47. The van der Waals surface area contributed by atoms with Crippen LogP contribution in [-0.2, 0) is 6.42 Å². The van der Waals surface area contributed by atoms with Crippen LogP contribution in [0.3, 0.4) is 0 Å². The van der Waals surface area contributed by atoms with Gasteiger partial charge < -0.3 is 0 Å². The van der Waals surface area contributed by atoms with Crippen LogP contribution in [0.2, 0.25) is 0 Å². The van der Waals surface area contributed by atoms with Crippen molar-refractivity contribution in [2.24, 2.45) is 5.41 Å². The molecule has 66 valence electrons. The third-order valence-corrected chi connectivity index (χ3v) is 1.97. The van der Waals surface area contributed by atoms with Gasteiger partial charge in [0, 0.05) is 0 Å². The van der Waals surface area contributed by atoms with Gasteiger partial charge in [0.1, 0.15) is 3.70 Å². The Morgan fingerprint density at radius 1 is 1.25 bits per heavy atom. The highest BCUT2D eigenvalue weighted by molar-refractivity contribution is 14.1. The second-order valence-electron chi connectivity index (χ2n) is 4.08. The third-order valence-electron chi connectivity index (χ3n) is 1.40. The van der Waals surface area contributed by atoms with Crippen LogP contribution in [0.5, 0.6) is 0 Å². The largest absolute Gasteiger partial charge is 0.155 e. The predicted octanol–water partition coefficient (Wildman–Crippen LogP) is 2.67. The van der Waals surface area contributed by atoms with Crippen LogP contribution in [0.1, 0.15) is 26.5 Å². The van der Waals surface area contributed by atoms with Gasteiger partial charge in [-0.2, -0.15) is 5.10 Å². The van der Waals surface area contributed by atoms with Crippen LogP contribution in [0.15, 0.2) is 12.1 Å². The molecule has 2 nitrogen and oxygen atoms in total. The summed E-state index contributed by atoms with van der Waals surface area (Å²) in [5, 5.41) is 8.11. The minimum atomic E-state index is 0.293. The summed E-state index contributed by atoms with van der Waals surface area (Å²) in [6.07, 6.45) is 0.983. The van der Waals surface area contributed by atoms with Crippen LogP contribution in [0.25, 0.3) is 0 Å². The summed E-state index contributed by atoms with van der Waals surface area (Å²) in [6, 6.07) is 4.04. The maximum absolute atomic E-state index is 4.11. The van der Waals surface area contributed by atoms with E-state index >= 15 is 0 Å². The molecule has 1 aromatic heterocycles. The molecule has 0 amide bonds. The molecule has 0 radical (unpaired) electrons. The molecule has 0 aliphatic carbocycles. The number of nitrogens with zero attached hydrogens (tertiary/aromatic N) is 2. The normalized spacial score (nSPS) is 11.7. The summed E-state index contributed by atoms with van der Waals surface area (Å²) in [5.74, 6) is 0. The molecule has 12 heavy (non-hydrogen) atoms. The molecule has 3 heteroatoms. The average Bonchev–Trinajstić information content (AvgIpc) is 1.91. The van der Waals surface area contributed by atoms with E-state index in [1.54, 1.807) is 0 Å². The van der Waals surface area contributed by atoms with E-state index in [4.69, 9.17) is 0 Å². The first-order valence-electron chi connectivity index (χ1n) is 3.95. The fourth-order valence-electron chi connectivity index (χ4n) is 0.981. The van der Waals surface area contributed by atoms with Gasteiger partial charge in [0.2, 0.25) is 0 Å². The Morgan fingerprint density at radius 2 is 1.92 bits per heavy atom. The highest BCUT2D eigenvalue weighted by Crippen LogP contribution is 2.18. The van der Waals surface area contributed by atoms with Crippen LogP contribution >= 0.6 is 22.6 Å². The Balaban J connectivity index is 2.71. The molecule has 0 aromatic carbocycles. The van der Waals surface area contributed by atoms with Crippen molar-refractivity contribution >= 4 is 22.6 Å². The Morgan fingerprint density at radius 3 is 2.33 bits per heavy atom. The number of halogens is 1. The van der Waals surface area contributed by atoms with Crippen molar-refractivity contribution in [3.63, 3.8) is 0 Å². The highest BCUT2D eigenvalue weighted by Gasteiger charge is 2.11. The van der Waals surface area contributed by atoms with Crippen LogP contribution < -0.4 is 0 Å². The molecule has 1 rings (SSSR count). The average molecular weight is 276 g/mol. The molecule has 0 fully saturated rings. The lowest BCUT2D eigenvalue weighted by Crippen LogP contribution is -2.11. The molecule has 0 atom stereocenters. The molecule has 0 saturated carbocycles. The van der Waals surface area contributed by atoms with Crippen LogP contribution in [0, 0.1) is 9.12 Å². The molecule has 0 aliphatic rings. The fourth-order valence-corrected chi connectivity index (χ4v) is 1.27. The number of hydrogen-bond acceptors (Lipinski definition) is 2. The number of rotatable bonds is 1. The van der Waals surface area contributed by atoms with Gasteiger partial charge in [-0.25, -0.2) is 0 Å². The number of hydrogen-bond donors (Lipinski definition) is 0. The summed E-state index contributed by atoms with van der Waals surface area (Å²) < 4.78 is 0.949. The van der Waals surface area contributed by atoms with Crippen LogP contribution in [-0.4, -0.2) is 10.2 Å². The molecule has 1 heterocycles. The van der Waals surface area contributed by atoms with E-state index in [1.807, 2.05) is 12.1 Å². The van der Waals surface area contributed by atoms with E-state index in [9.17, 15) is 0 Å². The SMILES string of the molecule is CC(C)(C)Cc1ccc(I)nn1. The topological polar surface area (TPSA) is 25.8 Å². The summed E-state index contributed by atoms with van der Waals surface area (Å²) in [5.41, 5.74) is 1.37. The van der Waals surface area contributed by atoms with Crippen molar-refractivity contribution in [3.05, 3.63) is 21.5 Å². The second-order valence-corrected chi connectivity index (χ2v) is 5.19. The number of aromatic nitrogens is 2. The Labute approximate surface area is 86.9 Å². The van der Waals surface area contributed by atoms with Gasteiger partial charge in [0.05, 0.1) is 5.69 Å². The highest BCUT2D eigenvalue weighted by atomic mass is 127.